The Balaban J connectivity index is 2.17. The van der Waals surface area contributed by atoms with Gasteiger partial charge in [-0.1, -0.05) is 12.1 Å². The molecule has 0 amide bonds. The number of hydrogen-bond acceptors (Lipinski definition) is 3. The fourth-order valence-electron chi connectivity index (χ4n) is 2.23. The van der Waals surface area contributed by atoms with Crippen molar-refractivity contribution in [3.8, 4) is 6.07 Å². The average molecular weight is 230 g/mol. The van der Waals surface area contributed by atoms with Gasteiger partial charge in [-0.15, -0.1) is 0 Å². The Morgan fingerprint density at radius 3 is 2.94 bits per heavy atom. The second-order valence-electron chi connectivity index (χ2n) is 4.87. The van der Waals surface area contributed by atoms with Gasteiger partial charge in [-0.05, 0) is 38.0 Å². The van der Waals surface area contributed by atoms with Gasteiger partial charge in [0, 0.05) is 18.2 Å². The molecule has 17 heavy (non-hydrogen) atoms. The van der Waals surface area contributed by atoms with Crippen molar-refractivity contribution < 1.29 is 4.74 Å². The number of nitrogens with zero attached hydrogens (tertiary/aromatic N) is 1. The molecule has 0 radical (unpaired) electrons. The number of nitriles is 1. The van der Waals surface area contributed by atoms with Crippen molar-refractivity contribution >= 4 is 5.69 Å². The van der Waals surface area contributed by atoms with E-state index in [0.29, 0.717) is 6.61 Å². The van der Waals surface area contributed by atoms with Gasteiger partial charge in [0.05, 0.1) is 12.7 Å². The van der Waals surface area contributed by atoms with Crippen LogP contribution in [0.25, 0.3) is 0 Å². The molecule has 0 bridgehead atoms. The smallest absolute Gasteiger partial charge is 0.127 e. The quantitative estimate of drug-likeness (QED) is 0.868. The maximum Gasteiger partial charge on any atom is 0.127 e. The van der Waals surface area contributed by atoms with E-state index in [2.05, 4.69) is 17.5 Å². The minimum Gasteiger partial charge on any atom is -0.381 e. The summed E-state index contributed by atoms with van der Waals surface area (Å²) in [6, 6.07) is 10.5. The van der Waals surface area contributed by atoms with Gasteiger partial charge in [-0.2, -0.15) is 5.26 Å². The number of rotatable bonds is 3. The van der Waals surface area contributed by atoms with Crippen LogP contribution in [0.1, 0.15) is 18.9 Å². The molecule has 0 aliphatic carbocycles. The lowest BCUT2D eigenvalue weighted by Crippen LogP contribution is -2.41. The topological polar surface area (TPSA) is 45.0 Å². The third kappa shape index (κ3) is 2.59. The number of benzene rings is 1. The Kier molecular flexibility index (Phi) is 3.35. The van der Waals surface area contributed by atoms with Crippen molar-refractivity contribution in [2.24, 2.45) is 5.92 Å². The zero-order valence-corrected chi connectivity index (χ0v) is 10.4. The van der Waals surface area contributed by atoms with E-state index < -0.39 is 5.54 Å². The van der Waals surface area contributed by atoms with Gasteiger partial charge in [-0.3, -0.25) is 0 Å². The van der Waals surface area contributed by atoms with Crippen LogP contribution in [0.15, 0.2) is 24.3 Å². The summed E-state index contributed by atoms with van der Waals surface area (Å²) in [4.78, 5) is 0. The number of aryl methyl sites for hydroxylation is 1. The molecule has 1 saturated heterocycles. The van der Waals surface area contributed by atoms with Crippen LogP contribution in [0, 0.1) is 24.2 Å². The van der Waals surface area contributed by atoms with E-state index in [1.807, 2.05) is 32.0 Å². The first-order valence-corrected chi connectivity index (χ1v) is 5.98. The normalized spacial score (nSPS) is 22.8. The molecule has 3 nitrogen and oxygen atoms in total. The summed E-state index contributed by atoms with van der Waals surface area (Å²) < 4.78 is 5.38. The Morgan fingerprint density at radius 2 is 2.35 bits per heavy atom. The first-order valence-electron chi connectivity index (χ1n) is 5.98. The molecule has 2 rings (SSSR count). The zero-order valence-electron chi connectivity index (χ0n) is 10.4. The van der Waals surface area contributed by atoms with Crippen LogP contribution < -0.4 is 5.32 Å². The molecule has 0 saturated carbocycles. The molecule has 3 heteroatoms. The summed E-state index contributed by atoms with van der Waals surface area (Å²) >= 11 is 0. The standard InChI is InChI=1S/C14H18N2O/c1-11-4-3-5-13(8-11)16-14(2,10-15)12-6-7-17-9-12/h3-5,8,12,16H,6-7,9H2,1-2H3. The highest BCUT2D eigenvalue weighted by atomic mass is 16.5. The number of nitrogens with one attached hydrogen (secondary N) is 1. The Hall–Kier alpha value is -1.53. The molecule has 2 unspecified atom stereocenters. The van der Waals surface area contributed by atoms with Gasteiger partial charge in [0.25, 0.3) is 0 Å². The highest BCUT2D eigenvalue weighted by Crippen LogP contribution is 2.29. The van der Waals surface area contributed by atoms with E-state index in [-0.39, 0.29) is 5.92 Å². The molecule has 2 atom stereocenters. The first-order chi connectivity index (χ1) is 8.14. The van der Waals surface area contributed by atoms with E-state index in [1.165, 1.54) is 5.56 Å². The third-order valence-electron chi connectivity index (χ3n) is 3.40. The summed E-state index contributed by atoms with van der Waals surface area (Å²) in [7, 11) is 0. The molecule has 0 aromatic heterocycles. The van der Waals surface area contributed by atoms with Crippen LogP contribution in [0.5, 0.6) is 0 Å². The Bertz CT molecular complexity index is 432. The first kappa shape index (κ1) is 11.9. The minimum absolute atomic E-state index is 0.257. The van der Waals surface area contributed by atoms with Crippen molar-refractivity contribution in [3.63, 3.8) is 0 Å². The van der Waals surface area contributed by atoms with E-state index in [0.717, 1.165) is 18.7 Å². The average Bonchev–Trinajstić information content (AvgIpc) is 2.83. The number of ether oxygens (including phenoxy) is 1. The highest BCUT2D eigenvalue weighted by molar-refractivity contribution is 5.49. The van der Waals surface area contributed by atoms with Gasteiger partial charge >= 0.3 is 0 Å². The largest absolute Gasteiger partial charge is 0.381 e. The maximum atomic E-state index is 9.41. The SMILES string of the molecule is Cc1cccc(NC(C)(C#N)C2CCOC2)c1. The van der Waals surface area contributed by atoms with Gasteiger partial charge < -0.3 is 10.1 Å². The Labute approximate surface area is 102 Å². The number of hydrogen-bond donors (Lipinski definition) is 1. The molecule has 1 fully saturated rings. The highest BCUT2D eigenvalue weighted by Gasteiger charge is 2.36. The zero-order chi connectivity index (χ0) is 12.3. The third-order valence-corrected chi connectivity index (χ3v) is 3.40. The second kappa shape index (κ2) is 4.77. The van der Waals surface area contributed by atoms with Crippen molar-refractivity contribution in [3.05, 3.63) is 29.8 Å². The van der Waals surface area contributed by atoms with Gasteiger partial charge in [0.1, 0.15) is 5.54 Å². The van der Waals surface area contributed by atoms with Crippen LogP contribution in [-0.4, -0.2) is 18.8 Å². The lowest BCUT2D eigenvalue weighted by molar-refractivity contribution is 0.178. The predicted molar refractivity (Wildman–Crippen MR) is 67.7 cm³/mol. The van der Waals surface area contributed by atoms with Crippen LogP contribution in [0.3, 0.4) is 0 Å². The van der Waals surface area contributed by atoms with E-state index in [9.17, 15) is 5.26 Å². The van der Waals surface area contributed by atoms with Crippen LogP contribution in [0.4, 0.5) is 5.69 Å². The molecule has 1 N–H and O–H groups in total. The summed E-state index contributed by atoms with van der Waals surface area (Å²) in [6.45, 7) is 5.43. The van der Waals surface area contributed by atoms with Gasteiger partial charge in [0.15, 0.2) is 0 Å². The molecule has 1 aromatic carbocycles. The van der Waals surface area contributed by atoms with Gasteiger partial charge in [-0.25, -0.2) is 0 Å². The van der Waals surface area contributed by atoms with E-state index in [4.69, 9.17) is 4.74 Å². The van der Waals surface area contributed by atoms with Gasteiger partial charge in [0.2, 0.25) is 0 Å². The monoisotopic (exact) mass is 230 g/mol. The van der Waals surface area contributed by atoms with Crippen molar-refractivity contribution in [2.75, 3.05) is 18.5 Å². The lowest BCUT2D eigenvalue weighted by Gasteiger charge is -2.29. The molecular formula is C14H18N2O. The van der Waals surface area contributed by atoms with Crippen molar-refractivity contribution in [1.29, 1.82) is 5.26 Å². The summed E-state index contributed by atoms with van der Waals surface area (Å²) in [5.41, 5.74) is 1.64. The second-order valence-corrected chi connectivity index (χ2v) is 4.87. The number of anilines is 1. The minimum atomic E-state index is -0.551. The molecular weight excluding hydrogens is 212 g/mol. The van der Waals surface area contributed by atoms with E-state index >= 15 is 0 Å². The fraction of sp³-hybridized carbons (Fsp3) is 0.500. The van der Waals surface area contributed by atoms with Crippen molar-refractivity contribution in [1.82, 2.24) is 0 Å². The molecule has 0 spiro atoms. The summed E-state index contributed by atoms with van der Waals surface area (Å²) in [6.07, 6.45) is 0.947. The molecule has 90 valence electrons. The fourth-order valence-corrected chi connectivity index (χ4v) is 2.23. The molecule has 1 aliphatic heterocycles. The lowest BCUT2D eigenvalue weighted by atomic mass is 9.86. The maximum absolute atomic E-state index is 9.41. The van der Waals surface area contributed by atoms with Crippen LogP contribution in [-0.2, 0) is 4.74 Å². The molecule has 1 aliphatic rings. The van der Waals surface area contributed by atoms with E-state index in [1.54, 1.807) is 0 Å². The Morgan fingerprint density at radius 1 is 1.53 bits per heavy atom. The summed E-state index contributed by atoms with van der Waals surface area (Å²) in [5, 5.41) is 12.8. The molecule has 1 aromatic rings. The van der Waals surface area contributed by atoms with Crippen LogP contribution in [0.2, 0.25) is 0 Å². The predicted octanol–water partition coefficient (Wildman–Crippen LogP) is 2.73. The van der Waals surface area contributed by atoms with Crippen molar-refractivity contribution in [2.45, 2.75) is 25.8 Å². The van der Waals surface area contributed by atoms with Crippen LogP contribution >= 0.6 is 0 Å². The molecule has 1 heterocycles. The summed E-state index contributed by atoms with van der Waals surface area (Å²) in [5.74, 6) is 0.257.